The molecule has 0 spiro atoms. The molecule has 2 aromatic heterocycles. The van der Waals surface area contributed by atoms with E-state index >= 15 is 0 Å². The molecule has 5 rings (SSSR count). The molecule has 4 heterocycles. The van der Waals surface area contributed by atoms with Crippen LogP contribution in [0.25, 0.3) is 11.0 Å². The normalized spacial score (nSPS) is 30.0. The maximum absolute atomic E-state index is 12.3. The summed E-state index contributed by atoms with van der Waals surface area (Å²) in [7, 11) is 0. The molecular weight excluding hydrogens is 314 g/mol. The van der Waals surface area contributed by atoms with Gasteiger partial charge < -0.3 is 15.0 Å². The first kappa shape index (κ1) is 15.1. The summed E-state index contributed by atoms with van der Waals surface area (Å²) in [4.78, 5) is 16.6. The number of fused-ring (bicyclic) bond motifs is 4. The maximum Gasteiger partial charge on any atom is 0.251 e. The van der Waals surface area contributed by atoms with Crippen LogP contribution < -0.4 is 11.3 Å². The predicted molar refractivity (Wildman–Crippen MR) is 89.7 cm³/mol. The zero-order chi connectivity index (χ0) is 16.1. The summed E-state index contributed by atoms with van der Waals surface area (Å²) in [6.07, 6.45) is 6.37. The smallest absolute Gasteiger partial charge is 0.251 e. The molecule has 2 saturated heterocycles. The number of hydrogen-bond acceptors (Lipinski definition) is 4. The van der Waals surface area contributed by atoms with Crippen molar-refractivity contribution >= 4 is 22.6 Å². The summed E-state index contributed by atoms with van der Waals surface area (Å²) < 4.78 is 7.84. The number of aromatic nitrogens is 2. The molecule has 5 nitrogen and oxygen atoms in total. The van der Waals surface area contributed by atoms with Crippen LogP contribution in [0.5, 0.6) is 0 Å². The Morgan fingerprint density at radius 2 is 2.09 bits per heavy atom. The van der Waals surface area contributed by atoms with Crippen molar-refractivity contribution in [1.82, 2.24) is 9.55 Å². The molecule has 0 aromatic carbocycles. The van der Waals surface area contributed by atoms with E-state index in [0.717, 1.165) is 43.1 Å². The first-order chi connectivity index (χ1) is 11.0. The highest BCUT2D eigenvalue weighted by atomic mass is 35.5. The van der Waals surface area contributed by atoms with Crippen molar-refractivity contribution in [2.75, 3.05) is 6.61 Å². The second-order valence-corrected chi connectivity index (χ2v) is 7.40. The van der Waals surface area contributed by atoms with E-state index in [2.05, 4.69) is 4.98 Å². The Morgan fingerprint density at radius 1 is 1.30 bits per heavy atom. The maximum atomic E-state index is 12.3. The summed E-state index contributed by atoms with van der Waals surface area (Å²) in [6, 6.07) is 5.11. The van der Waals surface area contributed by atoms with Crippen molar-refractivity contribution in [2.45, 2.75) is 49.8 Å². The van der Waals surface area contributed by atoms with Crippen molar-refractivity contribution in [1.29, 1.82) is 0 Å². The van der Waals surface area contributed by atoms with Crippen LogP contribution >= 0.6 is 11.6 Å². The number of rotatable bonds is 3. The summed E-state index contributed by atoms with van der Waals surface area (Å²) >= 11 is 6.05. The van der Waals surface area contributed by atoms with Gasteiger partial charge in [-0.25, -0.2) is 0 Å². The van der Waals surface area contributed by atoms with Gasteiger partial charge in [0.1, 0.15) is 0 Å². The summed E-state index contributed by atoms with van der Waals surface area (Å²) in [6.45, 7) is 1.24. The quantitative estimate of drug-likeness (QED) is 0.936. The third kappa shape index (κ3) is 2.67. The van der Waals surface area contributed by atoms with Crippen molar-refractivity contribution in [3.63, 3.8) is 0 Å². The van der Waals surface area contributed by atoms with Crippen molar-refractivity contribution in [2.24, 2.45) is 5.73 Å². The van der Waals surface area contributed by atoms with Gasteiger partial charge in [0, 0.05) is 24.3 Å². The minimum atomic E-state index is -0.130. The minimum absolute atomic E-state index is 0.0299. The van der Waals surface area contributed by atoms with E-state index in [1.165, 1.54) is 0 Å². The SMILES string of the molecule is NC12CCC(CCn3c(=O)ccc4ncc(Cl)cc43)(CC1)OC2. The molecule has 0 radical (unpaired) electrons. The molecule has 122 valence electrons. The summed E-state index contributed by atoms with van der Waals surface area (Å²) in [5.74, 6) is 0. The van der Waals surface area contributed by atoms with E-state index in [-0.39, 0.29) is 16.7 Å². The average molecular weight is 334 g/mol. The zero-order valence-electron chi connectivity index (χ0n) is 12.9. The van der Waals surface area contributed by atoms with Gasteiger partial charge in [-0.1, -0.05) is 11.6 Å². The highest BCUT2D eigenvalue weighted by Gasteiger charge is 2.47. The van der Waals surface area contributed by atoms with Crippen LogP contribution in [0.15, 0.2) is 29.2 Å². The number of nitrogens with two attached hydrogens (primary N) is 1. The average Bonchev–Trinajstić information content (AvgIpc) is 2.55. The number of nitrogens with zero attached hydrogens (tertiary/aromatic N) is 2. The fraction of sp³-hybridized carbons (Fsp3) is 0.529. The molecule has 1 aliphatic carbocycles. The van der Waals surface area contributed by atoms with Gasteiger partial charge in [0.05, 0.1) is 28.3 Å². The molecule has 3 aliphatic rings. The molecule has 1 saturated carbocycles. The highest BCUT2D eigenvalue weighted by Crippen LogP contribution is 2.44. The molecular formula is C17H20ClN3O2. The standard InChI is InChI=1S/C17H20ClN3O2/c18-12-9-14-13(20-10-12)1-2-15(22)21(14)8-7-17-5-3-16(19,4-6-17)11-23-17/h1-2,9-10H,3-8,11,19H2. The van der Waals surface area contributed by atoms with Gasteiger partial charge in [0.25, 0.3) is 5.56 Å². The third-order valence-corrected chi connectivity index (χ3v) is 5.63. The van der Waals surface area contributed by atoms with Crippen LogP contribution in [0.3, 0.4) is 0 Å². The first-order valence-corrected chi connectivity index (χ1v) is 8.45. The molecule has 0 unspecified atom stereocenters. The number of hydrogen-bond donors (Lipinski definition) is 1. The lowest BCUT2D eigenvalue weighted by molar-refractivity contribution is -0.157. The molecule has 3 fully saturated rings. The number of halogens is 1. The van der Waals surface area contributed by atoms with Crippen molar-refractivity contribution in [3.8, 4) is 0 Å². The van der Waals surface area contributed by atoms with Crippen LogP contribution in [0.4, 0.5) is 0 Å². The van der Waals surface area contributed by atoms with E-state index < -0.39 is 0 Å². The minimum Gasteiger partial charge on any atom is -0.373 e. The van der Waals surface area contributed by atoms with E-state index in [1.807, 2.05) is 0 Å². The van der Waals surface area contributed by atoms with Gasteiger partial charge in [0.15, 0.2) is 0 Å². The molecule has 0 amide bonds. The lowest BCUT2D eigenvalue weighted by Gasteiger charge is -2.51. The Balaban J connectivity index is 1.62. The van der Waals surface area contributed by atoms with E-state index in [0.29, 0.717) is 18.2 Å². The van der Waals surface area contributed by atoms with Gasteiger partial charge in [0.2, 0.25) is 0 Å². The number of pyridine rings is 2. The van der Waals surface area contributed by atoms with Crippen molar-refractivity contribution < 1.29 is 4.74 Å². The predicted octanol–water partition coefficient (Wildman–Crippen LogP) is 2.48. The number of aryl methyl sites for hydroxylation is 1. The fourth-order valence-corrected chi connectivity index (χ4v) is 3.95. The van der Waals surface area contributed by atoms with Gasteiger partial charge in [-0.2, -0.15) is 0 Å². The first-order valence-electron chi connectivity index (χ1n) is 8.07. The third-order valence-electron chi connectivity index (χ3n) is 5.42. The Kier molecular flexibility index (Phi) is 3.48. The van der Waals surface area contributed by atoms with Crippen LogP contribution in [0.2, 0.25) is 5.02 Å². The molecule has 23 heavy (non-hydrogen) atoms. The zero-order valence-corrected chi connectivity index (χ0v) is 13.7. The molecule has 6 heteroatoms. The molecule has 0 atom stereocenters. The van der Waals surface area contributed by atoms with Gasteiger partial charge in [-0.3, -0.25) is 9.78 Å². The molecule has 2 bridgehead atoms. The van der Waals surface area contributed by atoms with E-state index in [9.17, 15) is 4.79 Å². The Morgan fingerprint density at radius 3 is 2.78 bits per heavy atom. The lowest BCUT2D eigenvalue weighted by Crippen LogP contribution is -2.59. The molecule has 2 aliphatic heterocycles. The molecule has 2 N–H and O–H groups in total. The second-order valence-electron chi connectivity index (χ2n) is 6.97. The summed E-state index contributed by atoms with van der Waals surface area (Å²) in [5.41, 5.74) is 7.54. The van der Waals surface area contributed by atoms with Crippen LogP contribution in [0.1, 0.15) is 32.1 Å². The fourth-order valence-electron chi connectivity index (χ4n) is 3.80. The van der Waals surface area contributed by atoms with Crippen LogP contribution in [-0.4, -0.2) is 27.3 Å². The Labute approximate surface area is 139 Å². The lowest BCUT2D eigenvalue weighted by atomic mass is 9.70. The van der Waals surface area contributed by atoms with Crippen LogP contribution in [-0.2, 0) is 11.3 Å². The highest BCUT2D eigenvalue weighted by molar-refractivity contribution is 6.31. The van der Waals surface area contributed by atoms with Crippen molar-refractivity contribution in [3.05, 3.63) is 39.8 Å². The van der Waals surface area contributed by atoms with E-state index in [1.54, 1.807) is 29.0 Å². The van der Waals surface area contributed by atoms with E-state index in [4.69, 9.17) is 22.1 Å². The van der Waals surface area contributed by atoms with Crippen LogP contribution in [0, 0.1) is 0 Å². The Hall–Kier alpha value is -1.43. The summed E-state index contributed by atoms with van der Waals surface area (Å²) in [5, 5.41) is 0.537. The topological polar surface area (TPSA) is 70.1 Å². The Bertz CT molecular complexity index is 793. The monoisotopic (exact) mass is 333 g/mol. The van der Waals surface area contributed by atoms with Gasteiger partial charge in [-0.15, -0.1) is 0 Å². The molecule has 2 aromatic rings. The largest absolute Gasteiger partial charge is 0.373 e. The second kappa shape index (κ2) is 5.30. The van der Waals surface area contributed by atoms with Gasteiger partial charge in [-0.05, 0) is 44.2 Å². The van der Waals surface area contributed by atoms with Gasteiger partial charge >= 0.3 is 0 Å². The number of ether oxygens (including phenoxy) is 1.